The van der Waals surface area contributed by atoms with Crippen molar-refractivity contribution in [3.8, 4) is 11.5 Å². The molecule has 0 aromatic heterocycles. The van der Waals surface area contributed by atoms with Gasteiger partial charge in [-0.05, 0) is 71.9 Å². The Bertz CT molecular complexity index is 618. The van der Waals surface area contributed by atoms with Crippen LogP contribution < -0.4 is 9.47 Å². The van der Waals surface area contributed by atoms with Crippen molar-refractivity contribution in [3.63, 3.8) is 0 Å². The first-order valence-electron chi connectivity index (χ1n) is 8.76. The summed E-state index contributed by atoms with van der Waals surface area (Å²) < 4.78 is 17.9. The van der Waals surface area contributed by atoms with Gasteiger partial charge in [0.05, 0.1) is 10.7 Å². The van der Waals surface area contributed by atoms with Gasteiger partial charge in [-0.25, -0.2) is 4.79 Å². The lowest BCUT2D eigenvalue weighted by Gasteiger charge is -2.40. The molecule has 0 unspecified atom stereocenters. The first kappa shape index (κ1) is 20.1. The Morgan fingerprint density at radius 1 is 1.32 bits per heavy atom. The number of carbonyl (C=O) groups is 1. The summed E-state index contributed by atoms with van der Waals surface area (Å²) in [7, 11) is 1.58. The molecular formula is C20H27IO4. The third-order valence-corrected chi connectivity index (χ3v) is 5.69. The minimum Gasteiger partial charge on any atom is -0.493 e. The lowest BCUT2D eigenvalue weighted by Crippen LogP contribution is -2.43. The summed E-state index contributed by atoms with van der Waals surface area (Å²) in [5.41, 5.74) is 0.597. The van der Waals surface area contributed by atoms with Crippen molar-refractivity contribution in [3.05, 3.63) is 27.8 Å². The molecule has 1 aromatic carbocycles. The number of halogens is 1. The van der Waals surface area contributed by atoms with Gasteiger partial charge in [0.2, 0.25) is 0 Å². The highest BCUT2D eigenvalue weighted by molar-refractivity contribution is 14.1. The number of ether oxygens (including phenoxy) is 3. The van der Waals surface area contributed by atoms with Crippen LogP contribution in [0.2, 0.25) is 0 Å². The van der Waals surface area contributed by atoms with Crippen molar-refractivity contribution in [2.45, 2.75) is 51.6 Å². The quantitative estimate of drug-likeness (QED) is 0.415. The maximum absolute atomic E-state index is 12.4. The average molecular weight is 458 g/mol. The van der Waals surface area contributed by atoms with Crippen molar-refractivity contribution in [1.29, 1.82) is 0 Å². The topological polar surface area (TPSA) is 44.8 Å². The number of esters is 1. The second kappa shape index (κ2) is 8.92. The van der Waals surface area contributed by atoms with Crippen LogP contribution in [0.1, 0.15) is 51.5 Å². The van der Waals surface area contributed by atoms with E-state index in [-0.39, 0.29) is 18.2 Å². The molecule has 5 heteroatoms. The Balaban J connectivity index is 2.05. The molecule has 1 fully saturated rings. The van der Waals surface area contributed by atoms with E-state index in [1.807, 2.05) is 12.1 Å². The van der Waals surface area contributed by atoms with E-state index >= 15 is 0 Å². The van der Waals surface area contributed by atoms with Crippen LogP contribution in [0.4, 0.5) is 0 Å². The summed E-state index contributed by atoms with van der Waals surface area (Å²) >= 11 is 2.17. The van der Waals surface area contributed by atoms with Crippen LogP contribution >= 0.6 is 22.6 Å². The highest BCUT2D eigenvalue weighted by Gasteiger charge is 2.39. The number of hydrogen-bond acceptors (Lipinski definition) is 4. The fourth-order valence-corrected chi connectivity index (χ4v) is 4.11. The minimum atomic E-state index is -0.345. The standard InChI is InChI=1S/C20H27IO4/c1-5-15-11-16(21)19(17(12-15)23-4)24-13-18(22)25-20(14(2)3)9-7-6-8-10-20/h5,11-12,14H,1,6-10,13H2,2-4H3. The molecule has 4 nitrogen and oxygen atoms in total. The molecule has 0 N–H and O–H groups in total. The number of hydrogen-bond donors (Lipinski definition) is 0. The van der Waals surface area contributed by atoms with Crippen molar-refractivity contribution in [1.82, 2.24) is 0 Å². The summed E-state index contributed by atoms with van der Waals surface area (Å²) in [6, 6.07) is 3.78. The van der Waals surface area contributed by atoms with Crippen LogP contribution in [-0.2, 0) is 9.53 Å². The maximum Gasteiger partial charge on any atom is 0.344 e. The van der Waals surface area contributed by atoms with Crippen molar-refractivity contribution in [2.24, 2.45) is 5.92 Å². The van der Waals surface area contributed by atoms with Gasteiger partial charge in [-0.1, -0.05) is 32.9 Å². The zero-order valence-electron chi connectivity index (χ0n) is 15.3. The van der Waals surface area contributed by atoms with E-state index in [9.17, 15) is 4.79 Å². The van der Waals surface area contributed by atoms with Gasteiger partial charge >= 0.3 is 5.97 Å². The smallest absolute Gasteiger partial charge is 0.344 e. The molecule has 0 heterocycles. The Kier molecular flexibility index (Phi) is 7.16. The largest absolute Gasteiger partial charge is 0.493 e. The second-order valence-electron chi connectivity index (χ2n) is 6.78. The predicted octanol–water partition coefficient (Wildman–Crippen LogP) is 5.22. The lowest BCUT2D eigenvalue weighted by molar-refractivity contribution is -0.172. The van der Waals surface area contributed by atoms with Crippen LogP contribution in [0.3, 0.4) is 0 Å². The van der Waals surface area contributed by atoms with Gasteiger partial charge in [-0.15, -0.1) is 0 Å². The summed E-state index contributed by atoms with van der Waals surface area (Å²) in [4.78, 5) is 12.4. The number of methoxy groups -OCH3 is 1. The third kappa shape index (κ3) is 4.90. The van der Waals surface area contributed by atoms with E-state index in [0.29, 0.717) is 17.4 Å². The third-order valence-electron chi connectivity index (χ3n) is 4.89. The van der Waals surface area contributed by atoms with E-state index in [1.165, 1.54) is 6.42 Å². The summed E-state index contributed by atoms with van der Waals surface area (Å²) in [6.45, 7) is 7.90. The van der Waals surface area contributed by atoms with Gasteiger partial charge in [-0.3, -0.25) is 0 Å². The molecule has 0 bridgehead atoms. The van der Waals surface area contributed by atoms with E-state index in [2.05, 4.69) is 43.0 Å². The van der Waals surface area contributed by atoms with Gasteiger partial charge in [-0.2, -0.15) is 0 Å². The first-order chi connectivity index (χ1) is 11.9. The number of benzene rings is 1. The van der Waals surface area contributed by atoms with Crippen LogP contribution in [0.25, 0.3) is 6.08 Å². The second-order valence-corrected chi connectivity index (χ2v) is 7.94. The van der Waals surface area contributed by atoms with Crippen LogP contribution in [0.15, 0.2) is 18.7 Å². The van der Waals surface area contributed by atoms with E-state index in [0.717, 1.165) is 34.8 Å². The molecule has 0 aliphatic heterocycles. The highest BCUT2D eigenvalue weighted by Crippen LogP contribution is 2.38. The normalized spacial score (nSPS) is 16.4. The van der Waals surface area contributed by atoms with Gasteiger partial charge in [0.15, 0.2) is 18.1 Å². The van der Waals surface area contributed by atoms with Gasteiger partial charge < -0.3 is 14.2 Å². The van der Waals surface area contributed by atoms with Gasteiger partial charge in [0.1, 0.15) is 5.60 Å². The molecule has 0 spiro atoms. The Hall–Kier alpha value is -1.24. The summed E-state index contributed by atoms with van der Waals surface area (Å²) in [6.07, 6.45) is 7.06. The van der Waals surface area contributed by atoms with E-state index in [4.69, 9.17) is 14.2 Å². The molecule has 1 aromatic rings. The van der Waals surface area contributed by atoms with Crippen molar-refractivity contribution in [2.75, 3.05) is 13.7 Å². The summed E-state index contributed by atoms with van der Waals surface area (Å²) in [5, 5.41) is 0. The van der Waals surface area contributed by atoms with Crippen molar-refractivity contribution < 1.29 is 19.0 Å². The van der Waals surface area contributed by atoms with Crippen LogP contribution in [0, 0.1) is 9.49 Å². The molecule has 1 saturated carbocycles. The molecule has 0 atom stereocenters. The molecule has 2 rings (SSSR count). The SMILES string of the molecule is C=Cc1cc(I)c(OCC(=O)OC2(C(C)C)CCCCC2)c(OC)c1. The highest BCUT2D eigenvalue weighted by atomic mass is 127. The van der Waals surface area contributed by atoms with Crippen LogP contribution in [0.5, 0.6) is 11.5 Å². The molecule has 0 radical (unpaired) electrons. The van der Waals surface area contributed by atoms with Gasteiger partial charge in [0, 0.05) is 0 Å². The molecule has 1 aliphatic carbocycles. The lowest BCUT2D eigenvalue weighted by atomic mass is 9.77. The molecule has 0 amide bonds. The van der Waals surface area contributed by atoms with Crippen LogP contribution in [-0.4, -0.2) is 25.3 Å². The van der Waals surface area contributed by atoms with E-state index < -0.39 is 0 Å². The Morgan fingerprint density at radius 3 is 2.56 bits per heavy atom. The molecule has 25 heavy (non-hydrogen) atoms. The average Bonchev–Trinajstić information content (AvgIpc) is 2.60. The minimum absolute atomic E-state index is 0.117. The van der Waals surface area contributed by atoms with Crippen molar-refractivity contribution >= 4 is 34.6 Å². The van der Waals surface area contributed by atoms with E-state index in [1.54, 1.807) is 13.2 Å². The zero-order chi connectivity index (χ0) is 18.4. The van der Waals surface area contributed by atoms with Gasteiger partial charge in [0.25, 0.3) is 0 Å². The molecule has 1 aliphatic rings. The zero-order valence-corrected chi connectivity index (χ0v) is 17.4. The monoisotopic (exact) mass is 458 g/mol. The fraction of sp³-hybridized carbons (Fsp3) is 0.550. The summed E-state index contributed by atoms with van der Waals surface area (Å²) in [5.74, 6) is 1.14. The predicted molar refractivity (Wildman–Crippen MR) is 108 cm³/mol. The Morgan fingerprint density at radius 2 is 2.00 bits per heavy atom. The Labute approximate surface area is 164 Å². The number of carbonyl (C=O) groups excluding carboxylic acids is 1. The molecule has 138 valence electrons. The first-order valence-corrected chi connectivity index (χ1v) is 9.84. The maximum atomic E-state index is 12.4. The number of rotatable bonds is 7. The molecular weight excluding hydrogens is 431 g/mol. The fourth-order valence-electron chi connectivity index (χ4n) is 3.33. The molecule has 0 saturated heterocycles.